The summed E-state index contributed by atoms with van der Waals surface area (Å²) in [6.07, 6.45) is -0.780. The van der Waals surface area contributed by atoms with Gasteiger partial charge in [-0.05, 0) is 54.4 Å². The maximum absolute atomic E-state index is 12.9. The highest BCUT2D eigenvalue weighted by Gasteiger charge is 2.25. The molecule has 0 saturated carbocycles. The van der Waals surface area contributed by atoms with Gasteiger partial charge in [0, 0.05) is 37.3 Å². The first kappa shape index (κ1) is 23.0. The third kappa shape index (κ3) is 5.43. The van der Waals surface area contributed by atoms with Crippen LogP contribution in [0.25, 0.3) is 11.1 Å². The summed E-state index contributed by atoms with van der Waals surface area (Å²) in [4.78, 5) is 40.7. The lowest BCUT2D eigenvalue weighted by Crippen LogP contribution is -2.50. The Hall–Kier alpha value is -4.13. The zero-order chi connectivity index (χ0) is 23.9. The molecule has 0 unspecified atom stereocenters. The van der Waals surface area contributed by atoms with Gasteiger partial charge in [0.25, 0.3) is 11.8 Å². The van der Waals surface area contributed by atoms with Gasteiger partial charge in [0.15, 0.2) is 0 Å². The minimum atomic E-state index is -0.780. The lowest BCUT2D eigenvalue weighted by molar-refractivity contribution is 0.0535. The van der Waals surface area contributed by atoms with Crippen LogP contribution in [0.2, 0.25) is 0 Å². The standard InChI is InChI=1S/C27H26N2O5/c1-2-33-27(32)34-24-14-12-23(13-15-24)26(31)29-18-16-28(17-19-29)25(30)22-10-8-21(9-11-22)20-6-4-3-5-7-20/h3-15H,2,16-19H2,1H3. The average Bonchev–Trinajstić information content (AvgIpc) is 2.89. The molecule has 0 aromatic heterocycles. The molecule has 0 bridgehead atoms. The SMILES string of the molecule is CCOC(=O)Oc1ccc(C(=O)N2CCN(C(=O)c3ccc(-c4ccccc4)cc3)CC2)cc1. The van der Waals surface area contributed by atoms with Crippen molar-refractivity contribution in [2.45, 2.75) is 6.92 Å². The molecule has 1 aliphatic rings. The maximum atomic E-state index is 12.9. The zero-order valence-electron chi connectivity index (χ0n) is 19.0. The molecule has 0 radical (unpaired) electrons. The van der Waals surface area contributed by atoms with E-state index in [1.807, 2.05) is 54.6 Å². The van der Waals surface area contributed by atoms with Gasteiger partial charge in [-0.2, -0.15) is 0 Å². The highest BCUT2D eigenvalue weighted by Crippen LogP contribution is 2.21. The third-order valence-corrected chi connectivity index (χ3v) is 5.66. The fourth-order valence-corrected chi connectivity index (χ4v) is 3.82. The van der Waals surface area contributed by atoms with Crippen LogP contribution in [0.3, 0.4) is 0 Å². The third-order valence-electron chi connectivity index (χ3n) is 5.66. The summed E-state index contributed by atoms with van der Waals surface area (Å²) < 4.78 is 9.76. The van der Waals surface area contributed by atoms with Crippen molar-refractivity contribution in [1.29, 1.82) is 0 Å². The summed E-state index contributed by atoms with van der Waals surface area (Å²) in [6.45, 7) is 3.76. The summed E-state index contributed by atoms with van der Waals surface area (Å²) >= 11 is 0. The molecule has 1 heterocycles. The number of rotatable bonds is 5. The Morgan fingerprint density at radius 3 is 1.65 bits per heavy atom. The molecule has 3 aromatic rings. The average molecular weight is 459 g/mol. The van der Waals surface area contributed by atoms with E-state index in [4.69, 9.17) is 9.47 Å². The Labute approximate surface area is 198 Å². The van der Waals surface area contributed by atoms with E-state index in [1.54, 1.807) is 41.0 Å². The molecule has 1 fully saturated rings. The van der Waals surface area contributed by atoms with Crippen LogP contribution >= 0.6 is 0 Å². The van der Waals surface area contributed by atoms with E-state index < -0.39 is 6.16 Å². The predicted octanol–water partition coefficient (Wildman–Crippen LogP) is 4.49. The highest BCUT2D eigenvalue weighted by molar-refractivity contribution is 5.96. The second-order valence-electron chi connectivity index (χ2n) is 7.84. The van der Waals surface area contributed by atoms with Crippen molar-refractivity contribution < 1.29 is 23.9 Å². The number of carbonyl (C=O) groups is 3. The molecule has 174 valence electrons. The number of hydrogen-bond acceptors (Lipinski definition) is 5. The second kappa shape index (κ2) is 10.7. The van der Waals surface area contributed by atoms with E-state index in [9.17, 15) is 14.4 Å². The van der Waals surface area contributed by atoms with Crippen molar-refractivity contribution in [1.82, 2.24) is 9.80 Å². The smallest absolute Gasteiger partial charge is 0.434 e. The lowest BCUT2D eigenvalue weighted by atomic mass is 10.0. The van der Waals surface area contributed by atoms with E-state index in [-0.39, 0.29) is 18.4 Å². The first-order valence-corrected chi connectivity index (χ1v) is 11.2. The molecule has 2 amide bonds. The normalized spacial score (nSPS) is 13.3. The van der Waals surface area contributed by atoms with Crippen LogP contribution in [-0.4, -0.2) is 60.6 Å². The zero-order valence-corrected chi connectivity index (χ0v) is 19.0. The van der Waals surface area contributed by atoms with E-state index in [2.05, 4.69) is 0 Å². The lowest BCUT2D eigenvalue weighted by Gasteiger charge is -2.35. The van der Waals surface area contributed by atoms with Crippen molar-refractivity contribution in [3.8, 4) is 16.9 Å². The van der Waals surface area contributed by atoms with Crippen LogP contribution in [0.1, 0.15) is 27.6 Å². The Kier molecular flexibility index (Phi) is 7.22. The molecular formula is C27H26N2O5. The van der Waals surface area contributed by atoms with Crippen LogP contribution in [-0.2, 0) is 4.74 Å². The Balaban J connectivity index is 1.31. The Bertz CT molecular complexity index is 1140. The summed E-state index contributed by atoms with van der Waals surface area (Å²) in [5, 5.41) is 0. The number of benzene rings is 3. The van der Waals surface area contributed by atoms with Gasteiger partial charge in [-0.3, -0.25) is 9.59 Å². The molecule has 0 atom stereocenters. The van der Waals surface area contributed by atoms with Crippen molar-refractivity contribution in [2.75, 3.05) is 32.8 Å². The quantitative estimate of drug-likeness (QED) is 0.416. The van der Waals surface area contributed by atoms with Gasteiger partial charge in [0.1, 0.15) is 5.75 Å². The van der Waals surface area contributed by atoms with Gasteiger partial charge in [0.05, 0.1) is 6.61 Å². The highest BCUT2D eigenvalue weighted by atomic mass is 16.7. The molecule has 7 nitrogen and oxygen atoms in total. The first-order valence-electron chi connectivity index (χ1n) is 11.2. The van der Waals surface area contributed by atoms with Crippen LogP contribution < -0.4 is 4.74 Å². The largest absolute Gasteiger partial charge is 0.513 e. The van der Waals surface area contributed by atoms with E-state index in [1.165, 1.54) is 0 Å². The monoisotopic (exact) mass is 458 g/mol. The maximum Gasteiger partial charge on any atom is 0.513 e. The summed E-state index contributed by atoms with van der Waals surface area (Å²) in [6, 6.07) is 24.0. The van der Waals surface area contributed by atoms with Gasteiger partial charge < -0.3 is 19.3 Å². The minimum Gasteiger partial charge on any atom is -0.434 e. The number of carbonyl (C=O) groups excluding carboxylic acids is 3. The fraction of sp³-hybridized carbons (Fsp3) is 0.222. The van der Waals surface area contributed by atoms with Crippen LogP contribution in [0.4, 0.5) is 4.79 Å². The predicted molar refractivity (Wildman–Crippen MR) is 128 cm³/mol. The summed E-state index contributed by atoms with van der Waals surface area (Å²) in [5.74, 6) is 0.151. The molecule has 0 spiro atoms. The number of ether oxygens (including phenoxy) is 2. The Morgan fingerprint density at radius 2 is 1.15 bits per heavy atom. The van der Waals surface area contributed by atoms with Gasteiger partial charge in [-0.25, -0.2) is 4.79 Å². The van der Waals surface area contributed by atoms with Gasteiger partial charge in [-0.15, -0.1) is 0 Å². The van der Waals surface area contributed by atoms with Crippen molar-refractivity contribution in [3.05, 3.63) is 90.0 Å². The Morgan fingerprint density at radius 1 is 0.676 bits per heavy atom. The van der Waals surface area contributed by atoms with Crippen molar-refractivity contribution in [3.63, 3.8) is 0 Å². The van der Waals surface area contributed by atoms with Crippen LogP contribution in [0, 0.1) is 0 Å². The van der Waals surface area contributed by atoms with Crippen molar-refractivity contribution >= 4 is 18.0 Å². The molecule has 34 heavy (non-hydrogen) atoms. The summed E-state index contributed by atoms with van der Waals surface area (Å²) in [7, 11) is 0. The first-order chi connectivity index (χ1) is 16.5. The molecular weight excluding hydrogens is 432 g/mol. The van der Waals surface area contributed by atoms with Crippen LogP contribution in [0.15, 0.2) is 78.9 Å². The van der Waals surface area contributed by atoms with E-state index in [0.717, 1.165) is 11.1 Å². The molecule has 0 N–H and O–H groups in total. The number of amides is 2. The number of hydrogen-bond donors (Lipinski definition) is 0. The fourth-order valence-electron chi connectivity index (χ4n) is 3.82. The molecule has 1 aliphatic heterocycles. The topological polar surface area (TPSA) is 76.2 Å². The van der Waals surface area contributed by atoms with Crippen LogP contribution in [0.5, 0.6) is 5.75 Å². The summed E-state index contributed by atoms with van der Waals surface area (Å²) in [5.41, 5.74) is 3.30. The number of nitrogens with zero attached hydrogens (tertiary/aromatic N) is 2. The van der Waals surface area contributed by atoms with Gasteiger partial charge in [0.2, 0.25) is 0 Å². The molecule has 1 saturated heterocycles. The minimum absolute atomic E-state index is 0.0350. The van der Waals surface area contributed by atoms with E-state index >= 15 is 0 Å². The molecule has 3 aromatic carbocycles. The molecule has 0 aliphatic carbocycles. The second-order valence-corrected chi connectivity index (χ2v) is 7.84. The van der Waals surface area contributed by atoms with Gasteiger partial charge >= 0.3 is 6.16 Å². The number of piperazine rings is 1. The van der Waals surface area contributed by atoms with Crippen molar-refractivity contribution in [2.24, 2.45) is 0 Å². The molecule has 4 rings (SSSR count). The molecule has 7 heteroatoms. The van der Waals surface area contributed by atoms with E-state index in [0.29, 0.717) is 43.1 Å². The van der Waals surface area contributed by atoms with Gasteiger partial charge in [-0.1, -0.05) is 42.5 Å².